The Balaban J connectivity index is 4.41. The van der Waals surface area contributed by atoms with Gasteiger partial charge >= 0.3 is 17.9 Å². The molecule has 68 heavy (non-hydrogen) atoms. The van der Waals surface area contributed by atoms with Crippen LogP contribution in [-0.2, 0) is 28.6 Å². The lowest BCUT2D eigenvalue weighted by atomic mass is 10.1. The molecular formula is C62H110O6. The van der Waals surface area contributed by atoms with E-state index >= 15 is 0 Å². The van der Waals surface area contributed by atoms with Crippen molar-refractivity contribution in [1.29, 1.82) is 0 Å². The second-order valence-corrected chi connectivity index (χ2v) is 19.6. The second kappa shape index (κ2) is 56.7. The van der Waals surface area contributed by atoms with Crippen LogP contribution in [0, 0.1) is 0 Å². The quantitative estimate of drug-likeness (QED) is 0.0199. The average Bonchev–Trinajstić information content (AvgIpc) is 3.34. The number of hydrogen-bond donors (Lipinski definition) is 0. The van der Waals surface area contributed by atoms with Crippen molar-refractivity contribution in [2.75, 3.05) is 13.2 Å². The molecule has 1 unspecified atom stereocenters. The minimum absolute atomic E-state index is 0.0887. The smallest absolute Gasteiger partial charge is 0.306 e. The molecule has 0 N–H and O–H groups in total. The van der Waals surface area contributed by atoms with Gasteiger partial charge in [0.15, 0.2) is 6.10 Å². The highest BCUT2D eigenvalue weighted by atomic mass is 16.6. The van der Waals surface area contributed by atoms with Gasteiger partial charge in [-0.15, -0.1) is 0 Å². The highest BCUT2D eigenvalue weighted by molar-refractivity contribution is 5.71. The Bertz CT molecular complexity index is 1230. The van der Waals surface area contributed by atoms with Crippen LogP contribution in [0.15, 0.2) is 60.8 Å². The summed E-state index contributed by atoms with van der Waals surface area (Å²) in [5.74, 6) is -0.919. The van der Waals surface area contributed by atoms with Gasteiger partial charge in [-0.25, -0.2) is 0 Å². The summed E-state index contributed by atoms with van der Waals surface area (Å²) < 4.78 is 16.8. The van der Waals surface area contributed by atoms with Gasteiger partial charge in [0.05, 0.1) is 0 Å². The first-order chi connectivity index (χ1) is 33.5. The fraction of sp³-hybridized carbons (Fsp3) is 0.790. The molecule has 0 amide bonds. The third-order valence-electron chi connectivity index (χ3n) is 12.8. The van der Waals surface area contributed by atoms with Crippen LogP contribution in [0.1, 0.15) is 297 Å². The van der Waals surface area contributed by atoms with E-state index in [0.717, 1.165) is 96.3 Å². The lowest BCUT2D eigenvalue weighted by Crippen LogP contribution is -2.30. The van der Waals surface area contributed by atoms with Crippen molar-refractivity contribution in [3.8, 4) is 0 Å². The zero-order valence-electron chi connectivity index (χ0n) is 45.1. The lowest BCUT2D eigenvalue weighted by molar-refractivity contribution is -0.167. The maximum Gasteiger partial charge on any atom is 0.306 e. The molecule has 0 aromatic rings. The van der Waals surface area contributed by atoms with E-state index in [-0.39, 0.29) is 31.1 Å². The summed E-state index contributed by atoms with van der Waals surface area (Å²) in [4.78, 5) is 38.1. The molecule has 0 fully saturated rings. The van der Waals surface area contributed by atoms with E-state index in [2.05, 4.69) is 81.5 Å². The van der Waals surface area contributed by atoms with Crippen LogP contribution in [0.25, 0.3) is 0 Å². The third-order valence-corrected chi connectivity index (χ3v) is 12.8. The molecule has 394 valence electrons. The maximum absolute atomic E-state index is 12.9. The Labute approximate surface area is 421 Å². The van der Waals surface area contributed by atoms with Gasteiger partial charge < -0.3 is 14.2 Å². The van der Waals surface area contributed by atoms with E-state index in [9.17, 15) is 14.4 Å². The molecule has 0 aromatic carbocycles. The van der Waals surface area contributed by atoms with Crippen LogP contribution >= 0.6 is 0 Å². The summed E-state index contributed by atoms with van der Waals surface area (Å²) in [6.45, 7) is 6.61. The van der Waals surface area contributed by atoms with Gasteiger partial charge in [-0.3, -0.25) is 14.4 Å². The van der Waals surface area contributed by atoms with E-state index < -0.39 is 6.10 Å². The van der Waals surface area contributed by atoms with Crippen molar-refractivity contribution < 1.29 is 28.6 Å². The molecule has 6 nitrogen and oxygen atoms in total. The zero-order valence-corrected chi connectivity index (χ0v) is 45.1. The van der Waals surface area contributed by atoms with E-state index in [1.165, 1.54) is 161 Å². The van der Waals surface area contributed by atoms with Crippen molar-refractivity contribution in [3.63, 3.8) is 0 Å². The molecule has 0 saturated heterocycles. The molecule has 0 aliphatic heterocycles. The van der Waals surface area contributed by atoms with Gasteiger partial charge in [0.1, 0.15) is 13.2 Å². The minimum atomic E-state index is -0.793. The van der Waals surface area contributed by atoms with Crippen LogP contribution in [-0.4, -0.2) is 37.2 Å². The fourth-order valence-electron chi connectivity index (χ4n) is 8.32. The average molecular weight is 952 g/mol. The van der Waals surface area contributed by atoms with Crippen molar-refractivity contribution in [3.05, 3.63) is 60.8 Å². The topological polar surface area (TPSA) is 78.9 Å². The highest BCUT2D eigenvalue weighted by Gasteiger charge is 2.19. The molecular weight excluding hydrogens is 841 g/mol. The predicted molar refractivity (Wildman–Crippen MR) is 293 cm³/mol. The van der Waals surface area contributed by atoms with Gasteiger partial charge in [0, 0.05) is 19.3 Å². The van der Waals surface area contributed by atoms with Gasteiger partial charge in [-0.1, -0.05) is 242 Å². The van der Waals surface area contributed by atoms with Crippen molar-refractivity contribution in [2.45, 2.75) is 303 Å². The van der Waals surface area contributed by atoms with Gasteiger partial charge in [-0.05, 0) is 96.3 Å². The molecule has 0 saturated carbocycles. The number of esters is 3. The molecule has 0 rings (SSSR count). The Kier molecular flexibility index (Phi) is 54.3. The molecule has 0 bridgehead atoms. The Morgan fingerprint density at radius 1 is 0.294 bits per heavy atom. The molecule has 0 heterocycles. The highest BCUT2D eigenvalue weighted by Crippen LogP contribution is 2.15. The second-order valence-electron chi connectivity index (χ2n) is 19.6. The van der Waals surface area contributed by atoms with E-state index in [1.807, 2.05) is 0 Å². The zero-order chi connectivity index (χ0) is 49.3. The van der Waals surface area contributed by atoms with Crippen LogP contribution in [0.4, 0.5) is 0 Å². The van der Waals surface area contributed by atoms with Crippen molar-refractivity contribution in [1.82, 2.24) is 0 Å². The Morgan fingerprint density at radius 2 is 0.544 bits per heavy atom. The molecule has 0 aliphatic carbocycles. The Hall–Kier alpha value is -2.89. The summed E-state index contributed by atoms with van der Waals surface area (Å²) in [7, 11) is 0. The number of ether oxygens (including phenoxy) is 3. The van der Waals surface area contributed by atoms with E-state index in [1.54, 1.807) is 0 Å². The van der Waals surface area contributed by atoms with Gasteiger partial charge in [-0.2, -0.15) is 0 Å². The van der Waals surface area contributed by atoms with Crippen LogP contribution < -0.4 is 0 Å². The van der Waals surface area contributed by atoms with Crippen LogP contribution in [0.2, 0.25) is 0 Å². The summed E-state index contributed by atoms with van der Waals surface area (Å²) in [6, 6.07) is 0. The van der Waals surface area contributed by atoms with E-state index in [4.69, 9.17) is 14.2 Å². The Morgan fingerprint density at radius 3 is 0.868 bits per heavy atom. The third kappa shape index (κ3) is 54.1. The summed E-state index contributed by atoms with van der Waals surface area (Å²) in [5, 5.41) is 0. The molecule has 1 atom stereocenters. The predicted octanol–water partition coefficient (Wildman–Crippen LogP) is 19.6. The number of rotatable bonds is 53. The number of hydrogen-bond acceptors (Lipinski definition) is 6. The standard InChI is InChI=1S/C62H110O6/c1-4-7-10-13-16-19-22-25-27-29-31-33-34-37-40-43-46-49-52-55-61(64)67-58-59(57-66-60(63)54-51-48-45-42-39-36-24-21-18-15-12-9-6-3)68-62(65)56-53-50-47-44-41-38-35-32-30-28-26-23-20-17-14-11-8-5-2/h23,26,28-32,35-36,39,59H,4-22,24-25,27,33-34,37-38,40-58H2,1-3H3/b26-23-,30-28-,31-29-,35-32-,39-36-. The summed E-state index contributed by atoms with van der Waals surface area (Å²) in [6.07, 6.45) is 70.7. The first-order valence-electron chi connectivity index (χ1n) is 29.3. The van der Waals surface area contributed by atoms with Crippen LogP contribution in [0.5, 0.6) is 0 Å². The monoisotopic (exact) mass is 951 g/mol. The SMILES string of the molecule is CCCCCCC\C=C/C=C\C=C/CCCCCCCC(=O)OC(COC(=O)CCCCC/C=C\CCCCCCCC)COC(=O)CCCCCCCCC/C=C\CCCCCCCCCC. The number of allylic oxidation sites excluding steroid dienone is 10. The van der Waals surface area contributed by atoms with Crippen molar-refractivity contribution >= 4 is 17.9 Å². The first kappa shape index (κ1) is 65.1. The fourth-order valence-corrected chi connectivity index (χ4v) is 8.32. The molecule has 0 radical (unpaired) electrons. The molecule has 6 heteroatoms. The maximum atomic E-state index is 12.9. The molecule has 0 aliphatic rings. The normalized spacial score (nSPS) is 12.5. The minimum Gasteiger partial charge on any atom is -0.462 e. The first-order valence-corrected chi connectivity index (χ1v) is 29.3. The largest absolute Gasteiger partial charge is 0.462 e. The number of carbonyl (C=O) groups is 3. The van der Waals surface area contributed by atoms with E-state index in [0.29, 0.717) is 19.3 Å². The van der Waals surface area contributed by atoms with Crippen LogP contribution in [0.3, 0.4) is 0 Å². The van der Waals surface area contributed by atoms with Crippen molar-refractivity contribution in [2.24, 2.45) is 0 Å². The summed E-state index contributed by atoms with van der Waals surface area (Å²) in [5.41, 5.74) is 0. The van der Waals surface area contributed by atoms with Gasteiger partial charge in [0.2, 0.25) is 0 Å². The molecule has 0 spiro atoms. The number of unbranched alkanes of at least 4 members (excludes halogenated alkanes) is 34. The summed E-state index contributed by atoms with van der Waals surface area (Å²) >= 11 is 0. The lowest BCUT2D eigenvalue weighted by Gasteiger charge is -2.18. The van der Waals surface area contributed by atoms with Gasteiger partial charge in [0.25, 0.3) is 0 Å². The molecule has 0 aromatic heterocycles. The number of carbonyl (C=O) groups excluding carboxylic acids is 3.